The van der Waals surface area contributed by atoms with Gasteiger partial charge in [0.25, 0.3) is 0 Å². The second kappa shape index (κ2) is 6.50. The highest BCUT2D eigenvalue weighted by Crippen LogP contribution is 2.42. The van der Waals surface area contributed by atoms with Crippen LogP contribution in [0.5, 0.6) is 0 Å². The number of rotatable bonds is 5. The van der Waals surface area contributed by atoms with E-state index in [1.54, 1.807) is 0 Å². The molecule has 0 saturated heterocycles. The molecule has 1 aliphatic carbocycles. The number of aromatic nitrogens is 2. The third kappa shape index (κ3) is 4.00. The Morgan fingerprint density at radius 3 is 2.52 bits per heavy atom. The lowest BCUT2D eigenvalue weighted by Crippen LogP contribution is -2.32. The van der Waals surface area contributed by atoms with Crippen molar-refractivity contribution in [2.24, 2.45) is 0 Å². The van der Waals surface area contributed by atoms with Crippen LogP contribution in [0.4, 0.5) is 17.6 Å². The lowest BCUT2D eigenvalue weighted by atomic mass is 10.2. The van der Waals surface area contributed by atoms with E-state index in [1.807, 2.05) is 0 Å². The van der Waals surface area contributed by atoms with Crippen LogP contribution in [0.25, 0.3) is 0 Å². The Balaban J connectivity index is 1.73. The Bertz CT molecular complexity index is 763. The van der Waals surface area contributed by atoms with E-state index in [9.17, 15) is 22.4 Å². The summed E-state index contributed by atoms with van der Waals surface area (Å²) in [5.74, 6) is -0.798. The summed E-state index contributed by atoms with van der Waals surface area (Å²) in [5.41, 5.74) is 0.158. The normalized spacial score (nSPS) is 15.9. The molecule has 1 aliphatic rings. The highest BCUT2D eigenvalue weighted by Gasteiger charge is 2.39. The topological polar surface area (TPSA) is 46.9 Å². The van der Waals surface area contributed by atoms with Crippen molar-refractivity contribution in [3.63, 3.8) is 0 Å². The van der Waals surface area contributed by atoms with Gasteiger partial charge in [-0.2, -0.15) is 18.3 Å². The van der Waals surface area contributed by atoms with E-state index in [4.69, 9.17) is 0 Å². The number of hydrogen-bond donors (Lipinski definition) is 1. The van der Waals surface area contributed by atoms with Crippen molar-refractivity contribution in [3.8, 4) is 0 Å². The molecular weight excluding hydrogens is 338 g/mol. The van der Waals surface area contributed by atoms with Gasteiger partial charge in [0.05, 0.1) is 0 Å². The van der Waals surface area contributed by atoms with Crippen LogP contribution < -0.4 is 5.32 Å². The molecule has 2 aromatic rings. The Labute approximate surface area is 141 Å². The van der Waals surface area contributed by atoms with Crippen molar-refractivity contribution in [3.05, 3.63) is 53.1 Å². The Hall–Kier alpha value is -2.38. The molecule has 1 fully saturated rings. The summed E-state index contributed by atoms with van der Waals surface area (Å²) in [5, 5.41) is 6.26. The molecule has 1 unspecified atom stereocenters. The summed E-state index contributed by atoms with van der Waals surface area (Å²) in [6.07, 6.45) is -2.95. The zero-order valence-electron chi connectivity index (χ0n) is 13.5. The van der Waals surface area contributed by atoms with Gasteiger partial charge in [-0.05, 0) is 43.5 Å². The summed E-state index contributed by atoms with van der Waals surface area (Å²) in [7, 11) is 0. The van der Waals surface area contributed by atoms with E-state index in [1.165, 1.54) is 35.9 Å². The fourth-order valence-electron chi connectivity index (χ4n) is 2.59. The van der Waals surface area contributed by atoms with Crippen LogP contribution in [-0.2, 0) is 17.5 Å². The Kier molecular flexibility index (Phi) is 4.53. The first kappa shape index (κ1) is 17.4. The largest absolute Gasteiger partial charge is 0.435 e. The molecule has 0 spiro atoms. The first-order chi connectivity index (χ1) is 11.8. The number of halogens is 4. The molecule has 1 amide bonds. The van der Waals surface area contributed by atoms with Crippen LogP contribution in [-0.4, -0.2) is 15.7 Å². The van der Waals surface area contributed by atoms with E-state index in [-0.39, 0.29) is 18.3 Å². The lowest BCUT2D eigenvalue weighted by molar-refractivity contribution is -0.142. The summed E-state index contributed by atoms with van der Waals surface area (Å²) in [6, 6.07) is 5.78. The van der Waals surface area contributed by atoms with Crippen LogP contribution in [0.15, 0.2) is 30.3 Å². The molecule has 8 heteroatoms. The number of nitrogens with zero attached hydrogens (tertiary/aromatic N) is 2. The maximum atomic E-state index is 12.9. The minimum atomic E-state index is -4.54. The average molecular weight is 355 g/mol. The summed E-state index contributed by atoms with van der Waals surface area (Å²) < 4.78 is 52.8. The minimum Gasteiger partial charge on any atom is -0.350 e. The number of alkyl halides is 3. The first-order valence-corrected chi connectivity index (χ1v) is 7.94. The van der Waals surface area contributed by atoms with Gasteiger partial charge in [-0.1, -0.05) is 12.1 Å². The highest BCUT2D eigenvalue weighted by molar-refractivity contribution is 5.79. The Morgan fingerprint density at radius 2 is 1.96 bits per heavy atom. The highest BCUT2D eigenvalue weighted by atomic mass is 19.4. The third-order valence-corrected chi connectivity index (χ3v) is 4.18. The van der Waals surface area contributed by atoms with Crippen molar-refractivity contribution in [1.82, 2.24) is 15.1 Å². The molecule has 1 aromatic heterocycles. The van der Waals surface area contributed by atoms with Gasteiger partial charge >= 0.3 is 6.18 Å². The van der Waals surface area contributed by atoms with Crippen molar-refractivity contribution in [2.45, 2.75) is 44.4 Å². The van der Waals surface area contributed by atoms with Gasteiger partial charge in [-0.3, -0.25) is 9.48 Å². The van der Waals surface area contributed by atoms with Crippen molar-refractivity contribution >= 4 is 5.91 Å². The molecule has 1 heterocycles. The molecule has 0 bridgehead atoms. The second-order valence-electron chi connectivity index (χ2n) is 6.19. The SMILES string of the molecule is CC(C(=O)NCc1ccc(F)cc1)n1nc(C(F)(F)F)cc1C1CC1. The number of nitrogens with one attached hydrogen (secondary N) is 1. The fourth-order valence-corrected chi connectivity index (χ4v) is 2.59. The fraction of sp³-hybridized carbons (Fsp3) is 0.412. The van der Waals surface area contributed by atoms with Gasteiger partial charge in [0, 0.05) is 18.2 Å². The van der Waals surface area contributed by atoms with Gasteiger partial charge in [-0.25, -0.2) is 4.39 Å². The summed E-state index contributed by atoms with van der Waals surface area (Å²) >= 11 is 0. The second-order valence-corrected chi connectivity index (χ2v) is 6.19. The van der Waals surface area contributed by atoms with Gasteiger partial charge in [0.2, 0.25) is 5.91 Å². The first-order valence-electron chi connectivity index (χ1n) is 7.94. The minimum absolute atomic E-state index is 0.0240. The quantitative estimate of drug-likeness (QED) is 0.830. The molecule has 1 N–H and O–H groups in total. The van der Waals surface area contributed by atoms with Crippen LogP contribution >= 0.6 is 0 Å². The van der Waals surface area contributed by atoms with E-state index >= 15 is 0 Å². The summed E-state index contributed by atoms with van der Waals surface area (Å²) in [6.45, 7) is 1.68. The van der Waals surface area contributed by atoms with Crippen molar-refractivity contribution in [1.29, 1.82) is 0 Å². The molecule has 3 rings (SSSR count). The number of carbonyl (C=O) groups excluding carboxylic acids is 1. The standard InChI is InChI=1S/C17H17F4N3O/c1-10(16(25)22-9-11-2-6-13(18)7-3-11)24-14(12-4-5-12)8-15(23-24)17(19,20)21/h2-3,6-8,10,12H,4-5,9H2,1H3,(H,22,25). The summed E-state index contributed by atoms with van der Waals surface area (Å²) in [4.78, 5) is 12.3. The maximum Gasteiger partial charge on any atom is 0.435 e. The predicted molar refractivity (Wildman–Crippen MR) is 82.2 cm³/mol. The molecule has 1 saturated carbocycles. The Morgan fingerprint density at radius 1 is 1.32 bits per heavy atom. The van der Waals surface area contributed by atoms with Gasteiger partial charge < -0.3 is 5.32 Å². The smallest absolute Gasteiger partial charge is 0.350 e. The monoisotopic (exact) mass is 355 g/mol. The van der Waals surface area contributed by atoms with Crippen molar-refractivity contribution in [2.75, 3.05) is 0 Å². The van der Waals surface area contributed by atoms with E-state index in [2.05, 4.69) is 10.4 Å². The molecule has 0 aliphatic heterocycles. The lowest BCUT2D eigenvalue weighted by Gasteiger charge is -2.16. The predicted octanol–water partition coefficient (Wildman–Crippen LogP) is 3.80. The van der Waals surface area contributed by atoms with Crippen LogP contribution in [0.3, 0.4) is 0 Å². The van der Waals surface area contributed by atoms with E-state index < -0.39 is 23.8 Å². The van der Waals surface area contributed by atoms with Crippen LogP contribution in [0, 0.1) is 5.82 Å². The van der Waals surface area contributed by atoms with E-state index in [0.29, 0.717) is 11.3 Å². The van der Waals surface area contributed by atoms with Crippen LogP contribution in [0.1, 0.15) is 48.7 Å². The number of benzene rings is 1. The van der Waals surface area contributed by atoms with Crippen LogP contribution in [0.2, 0.25) is 0 Å². The third-order valence-electron chi connectivity index (χ3n) is 4.18. The molecule has 134 valence electrons. The molecule has 4 nitrogen and oxygen atoms in total. The maximum absolute atomic E-state index is 12.9. The van der Waals surface area contributed by atoms with Gasteiger partial charge in [0.15, 0.2) is 5.69 Å². The average Bonchev–Trinajstić information content (AvgIpc) is 3.30. The molecular formula is C17H17F4N3O. The zero-order valence-corrected chi connectivity index (χ0v) is 13.5. The number of amides is 1. The van der Waals surface area contributed by atoms with Gasteiger partial charge in [-0.15, -0.1) is 0 Å². The van der Waals surface area contributed by atoms with E-state index in [0.717, 1.165) is 18.9 Å². The van der Waals surface area contributed by atoms with Gasteiger partial charge in [0.1, 0.15) is 11.9 Å². The number of hydrogen-bond acceptors (Lipinski definition) is 2. The zero-order chi connectivity index (χ0) is 18.2. The molecule has 1 aromatic carbocycles. The molecule has 25 heavy (non-hydrogen) atoms. The molecule has 0 radical (unpaired) electrons. The molecule has 1 atom stereocenters. The number of carbonyl (C=O) groups is 1. The van der Waals surface area contributed by atoms with Crippen molar-refractivity contribution < 1.29 is 22.4 Å².